The SMILES string of the molecule is CC(Sc1cc(-n2c(=O)cc(C(F)(F)F)n(C)c2=O)c(F)cc1Cl)C(=O)N(C)CCC(=O)OSC(=O)c1ccccc1. The van der Waals surface area contributed by atoms with Gasteiger partial charge in [-0.3, -0.25) is 23.7 Å². The van der Waals surface area contributed by atoms with Gasteiger partial charge >= 0.3 is 17.8 Å². The Morgan fingerprint density at radius 1 is 1.10 bits per heavy atom. The molecule has 3 aromatic rings. The van der Waals surface area contributed by atoms with Crippen molar-refractivity contribution in [2.75, 3.05) is 13.6 Å². The van der Waals surface area contributed by atoms with Crippen LogP contribution in [0.25, 0.3) is 5.69 Å². The lowest BCUT2D eigenvalue weighted by Crippen LogP contribution is -2.41. The smallest absolute Gasteiger partial charge is 0.382 e. The maximum Gasteiger partial charge on any atom is 0.431 e. The van der Waals surface area contributed by atoms with Crippen LogP contribution in [0.4, 0.5) is 17.6 Å². The minimum atomic E-state index is -5.00. The highest BCUT2D eigenvalue weighted by atomic mass is 35.5. The van der Waals surface area contributed by atoms with E-state index in [1.807, 2.05) is 0 Å². The fourth-order valence-corrected chi connectivity index (χ4v) is 5.35. The van der Waals surface area contributed by atoms with Crippen molar-refractivity contribution in [2.24, 2.45) is 7.05 Å². The average Bonchev–Trinajstić information content (AvgIpc) is 2.93. The molecule has 42 heavy (non-hydrogen) atoms. The molecule has 2 aromatic carbocycles. The number of hydrogen-bond donors (Lipinski definition) is 0. The highest BCUT2D eigenvalue weighted by molar-refractivity contribution is 8.10. The molecule has 224 valence electrons. The number of hydrogen-bond acceptors (Lipinski definition) is 8. The molecule has 0 saturated carbocycles. The number of halogens is 5. The number of alkyl halides is 3. The van der Waals surface area contributed by atoms with Crippen LogP contribution in [0.15, 0.2) is 63.0 Å². The van der Waals surface area contributed by atoms with Crippen LogP contribution in [0.5, 0.6) is 0 Å². The number of carbonyl (C=O) groups is 3. The fraction of sp³-hybridized carbons (Fsp3) is 0.269. The van der Waals surface area contributed by atoms with Crippen LogP contribution in [0, 0.1) is 5.82 Å². The van der Waals surface area contributed by atoms with E-state index in [1.165, 1.54) is 18.9 Å². The van der Waals surface area contributed by atoms with Gasteiger partial charge in [0.05, 0.1) is 22.4 Å². The molecule has 1 aromatic heterocycles. The molecule has 0 aliphatic rings. The van der Waals surface area contributed by atoms with Crippen LogP contribution in [-0.4, -0.2) is 49.9 Å². The minimum Gasteiger partial charge on any atom is -0.382 e. The molecule has 3 rings (SSSR count). The maximum absolute atomic E-state index is 14.8. The summed E-state index contributed by atoms with van der Waals surface area (Å²) in [7, 11) is 2.20. The molecule has 0 aliphatic carbocycles. The third kappa shape index (κ3) is 7.83. The average molecular weight is 648 g/mol. The highest BCUT2D eigenvalue weighted by Gasteiger charge is 2.35. The first-order chi connectivity index (χ1) is 19.6. The Hall–Kier alpha value is -3.56. The molecule has 0 N–H and O–H groups in total. The minimum absolute atomic E-state index is 0.0615. The normalized spacial score (nSPS) is 12.1. The van der Waals surface area contributed by atoms with Crippen molar-refractivity contribution in [3.8, 4) is 5.69 Å². The lowest BCUT2D eigenvalue weighted by molar-refractivity contribution is -0.144. The maximum atomic E-state index is 14.8. The van der Waals surface area contributed by atoms with Crippen molar-refractivity contribution >= 4 is 52.4 Å². The van der Waals surface area contributed by atoms with Gasteiger partial charge in [0, 0.05) is 37.2 Å². The summed E-state index contributed by atoms with van der Waals surface area (Å²) in [5.41, 5.74) is -4.67. The Morgan fingerprint density at radius 2 is 1.74 bits per heavy atom. The zero-order valence-electron chi connectivity index (χ0n) is 22.1. The van der Waals surface area contributed by atoms with Gasteiger partial charge in [-0.25, -0.2) is 13.8 Å². The third-order valence-electron chi connectivity index (χ3n) is 5.75. The Kier molecular flexibility index (Phi) is 10.7. The molecule has 0 radical (unpaired) electrons. The van der Waals surface area contributed by atoms with Gasteiger partial charge < -0.3 is 9.08 Å². The summed E-state index contributed by atoms with van der Waals surface area (Å²) in [4.78, 5) is 63.3. The van der Waals surface area contributed by atoms with Crippen molar-refractivity contribution in [2.45, 2.75) is 29.7 Å². The summed E-state index contributed by atoms with van der Waals surface area (Å²) in [5.74, 6) is -2.37. The van der Waals surface area contributed by atoms with Crippen LogP contribution in [0.3, 0.4) is 0 Å². The molecule has 16 heteroatoms. The van der Waals surface area contributed by atoms with E-state index in [0.717, 1.165) is 30.9 Å². The quantitative estimate of drug-likeness (QED) is 0.197. The zero-order chi connectivity index (χ0) is 31.4. The molecule has 1 amide bonds. The van der Waals surface area contributed by atoms with Gasteiger partial charge in [-0.05, 0) is 19.1 Å². The molecule has 0 fully saturated rings. The monoisotopic (exact) mass is 647 g/mol. The van der Waals surface area contributed by atoms with Gasteiger partial charge in [0.15, 0.2) is 0 Å². The molecule has 1 heterocycles. The largest absolute Gasteiger partial charge is 0.431 e. The molecule has 1 atom stereocenters. The van der Waals surface area contributed by atoms with Crippen LogP contribution in [0.1, 0.15) is 29.4 Å². The Morgan fingerprint density at radius 3 is 2.36 bits per heavy atom. The first-order valence-corrected chi connectivity index (χ1v) is 13.9. The number of carbonyl (C=O) groups excluding carboxylic acids is 3. The number of benzene rings is 2. The van der Waals surface area contributed by atoms with Gasteiger partial charge in [0.25, 0.3) is 10.7 Å². The molecule has 0 bridgehead atoms. The van der Waals surface area contributed by atoms with E-state index >= 15 is 0 Å². The molecule has 0 aliphatic heterocycles. The number of amides is 1. The summed E-state index contributed by atoms with van der Waals surface area (Å²) < 4.78 is 59.6. The van der Waals surface area contributed by atoms with Crippen molar-refractivity contribution in [1.82, 2.24) is 14.0 Å². The van der Waals surface area contributed by atoms with E-state index in [9.17, 15) is 41.5 Å². The summed E-state index contributed by atoms with van der Waals surface area (Å²) in [6.07, 6.45) is -5.22. The van der Waals surface area contributed by atoms with E-state index in [-0.39, 0.29) is 38.1 Å². The first-order valence-electron chi connectivity index (χ1n) is 11.9. The zero-order valence-corrected chi connectivity index (χ0v) is 24.5. The van der Waals surface area contributed by atoms with Gasteiger partial charge in [-0.2, -0.15) is 13.2 Å². The van der Waals surface area contributed by atoms with Crippen molar-refractivity contribution in [1.29, 1.82) is 0 Å². The van der Waals surface area contributed by atoms with Gasteiger partial charge in [0.1, 0.15) is 23.6 Å². The topological polar surface area (TPSA) is 108 Å². The Bertz CT molecular complexity index is 1630. The van der Waals surface area contributed by atoms with Gasteiger partial charge in [-0.15, -0.1) is 11.8 Å². The first kappa shape index (κ1) is 32.9. The predicted molar refractivity (Wildman–Crippen MR) is 149 cm³/mol. The lowest BCUT2D eigenvalue weighted by Gasteiger charge is -2.21. The summed E-state index contributed by atoms with van der Waals surface area (Å²) in [6, 6.07) is 10.1. The van der Waals surface area contributed by atoms with Crippen LogP contribution < -0.4 is 11.2 Å². The van der Waals surface area contributed by atoms with Crippen LogP contribution in [-0.2, 0) is 27.0 Å². The van der Waals surface area contributed by atoms with Crippen molar-refractivity contribution < 1.29 is 36.1 Å². The Labute approximate surface area is 249 Å². The van der Waals surface area contributed by atoms with E-state index in [4.69, 9.17) is 15.8 Å². The third-order valence-corrected chi connectivity index (χ3v) is 7.98. The van der Waals surface area contributed by atoms with Gasteiger partial charge in [0.2, 0.25) is 5.91 Å². The second kappa shape index (κ2) is 13.6. The summed E-state index contributed by atoms with van der Waals surface area (Å²) >= 11 is 7.33. The van der Waals surface area contributed by atoms with Crippen molar-refractivity contribution in [3.63, 3.8) is 0 Å². The predicted octanol–water partition coefficient (Wildman–Crippen LogP) is 4.71. The molecule has 0 spiro atoms. The van der Waals surface area contributed by atoms with E-state index in [0.29, 0.717) is 17.6 Å². The Balaban J connectivity index is 1.69. The summed E-state index contributed by atoms with van der Waals surface area (Å²) in [5, 5.41) is -1.52. The molecular formula is C26H22ClF4N3O6S2. The molecule has 1 unspecified atom stereocenters. The molecular weight excluding hydrogens is 626 g/mol. The second-order valence-corrected chi connectivity index (χ2v) is 11.2. The van der Waals surface area contributed by atoms with Crippen LogP contribution >= 0.6 is 35.4 Å². The number of nitrogens with zero attached hydrogens (tertiary/aromatic N) is 3. The number of aromatic nitrogens is 2. The fourth-order valence-electron chi connectivity index (χ4n) is 3.57. The van der Waals surface area contributed by atoms with Crippen LogP contribution in [0.2, 0.25) is 5.02 Å². The number of rotatable bonds is 8. The second-order valence-electron chi connectivity index (χ2n) is 8.74. The van der Waals surface area contributed by atoms with E-state index < -0.39 is 56.9 Å². The molecule has 0 saturated heterocycles. The van der Waals surface area contributed by atoms with E-state index in [2.05, 4.69) is 0 Å². The van der Waals surface area contributed by atoms with Crippen molar-refractivity contribution in [3.05, 3.63) is 91.5 Å². The summed E-state index contributed by atoms with van der Waals surface area (Å²) in [6.45, 7) is 1.42. The lowest BCUT2D eigenvalue weighted by atomic mass is 10.2. The van der Waals surface area contributed by atoms with E-state index in [1.54, 1.807) is 30.3 Å². The highest BCUT2D eigenvalue weighted by Crippen LogP contribution is 2.34. The molecule has 9 nitrogen and oxygen atoms in total. The standard InChI is InChI=1S/C26H22ClF4N3O6S2/c1-14(23(37)32(2)10-9-22(36)40-42-24(38)15-7-5-4-6-8-15)41-19-12-18(17(28)11-16(19)27)34-21(35)13-20(26(29,30)31)33(3)25(34)39/h4-8,11-14H,9-10H2,1-3H3. The number of thioether (sulfide) groups is 1. The van der Waals surface area contributed by atoms with Gasteiger partial charge in [-0.1, -0.05) is 41.9 Å².